The van der Waals surface area contributed by atoms with Crippen LogP contribution in [-0.4, -0.2) is 27.6 Å². The summed E-state index contributed by atoms with van der Waals surface area (Å²) in [6.45, 7) is 1.06. The Bertz CT molecular complexity index is 1240. The number of fused-ring (bicyclic) bond motifs is 1. The van der Waals surface area contributed by atoms with Crippen molar-refractivity contribution in [2.45, 2.75) is 26.1 Å². The van der Waals surface area contributed by atoms with E-state index in [1.165, 1.54) is 0 Å². The first-order valence-corrected chi connectivity index (χ1v) is 11.0. The van der Waals surface area contributed by atoms with Gasteiger partial charge in [-0.2, -0.15) is 0 Å². The maximum Gasteiger partial charge on any atom is 0.312 e. The highest BCUT2D eigenvalue weighted by Crippen LogP contribution is 2.31. The van der Waals surface area contributed by atoms with Gasteiger partial charge < -0.3 is 21.3 Å². The Hall–Kier alpha value is -3.49. The molecule has 4 rings (SSSR count). The zero-order valence-electron chi connectivity index (χ0n) is 17.6. The Kier molecular flexibility index (Phi) is 6.57. The van der Waals surface area contributed by atoms with Crippen LogP contribution in [0.15, 0.2) is 65.2 Å². The van der Waals surface area contributed by atoms with Crippen molar-refractivity contribution in [1.29, 1.82) is 0 Å². The molecule has 0 bridgehead atoms. The van der Waals surface area contributed by atoms with Gasteiger partial charge in [-0.15, -0.1) is 0 Å². The second kappa shape index (κ2) is 9.56. The number of nitrogens with zero attached hydrogens (tertiary/aromatic N) is 1. The molecule has 0 saturated carbocycles. The number of anilines is 1. The third-order valence-electron chi connectivity index (χ3n) is 5.43. The molecule has 0 spiro atoms. The molecule has 0 aromatic heterocycles. The first-order valence-electron chi connectivity index (χ1n) is 10.3. The molecule has 33 heavy (non-hydrogen) atoms. The number of allylic oxidation sites excluding steroid dienone is 3. The highest BCUT2D eigenvalue weighted by Gasteiger charge is 2.30. The molecule has 168 valence electrons. The molecular weight excluding hydrogens is 460 g/mol. The van der Waals surface area contributed by atoms with E-state index in [-0.39, 0.29) is 11.8 Å². The fourth-order valence-electron chi connectivity index (χ4n) is 3.84. The molecule has 1 aliphatic carbocycles. The number of hydrogen-bond donors (Lipinski definition) is 3. The third-order valence-corrected chi connectivity index (χ3v) is 6.08. The van der Waals surface area contributed by atoms with Gasteiger partial charge in [0.05, 0.1) is 5.57 Å². The Balaban J connectivity index is 1.50. The van der Waals surface area contributed by atoms with Crippen molar-refractivity contribution >= 4 is 52.2 Å². The second-order valence-corrected chi connectivity index (χ2v) is 8.69. The number of halogens is 1. The number of nitrogens with two attached hydrogens (primary N) is 1. The van der Waals surface area contributed by atoms with Crippen LogP contribution < -0.4 is 16.4 Å². The highest BCUT2D eigenvalue weighted by atomic mass is 35.5. The van der Waals surface area contributed by atoms with Gasteiger partial charge in [0.2, 0.25) is 0 Å². The smallest absolute Gasteiger partial charge is 0.312 e. The maximum atomic E-state index is 13.0. The maximum absolute atomic E-state index is 13.0. The van der Waals surface area contributed by atoms with E-state index < -0.39 is 6.03 Å². The van der Waals surface area contributed by atoms with Crippen LogP contribution in [-0.2, 0) is 24.4 Å². The average Bonchev–Trinajstić information content (AvgIpc) is 3.10. The first-order chi connectivity index (χ1) is 15.8. The van der Waals surface area contributed by atoms with E-state index in [4.69, 9.17) is 29.6 Å². The van der Waals surface area contributed by atoms with Crippen molar-refractivity contribution in [2.24, 2.45) is 5.73 Å². The van der Waals surface area contributed by atoms with E-state index in [0.29, 0.717) is 52.8 Å². The summed E-state index contributed by atoms with van der Waals surface area (Å²) in [5, 5.41) is 5.92. The molecule has 1 heterocycles. The molecule has 0 saturated heterocycles. The van der Waals surface area contributed by atoms with Gasteiger partial charge in [-0.3, -0.25) is 9.59 Å². The predicted molar refractivity (Wildman–Crippen MR) is 131 cm³/mol. The molecule has 1 aliphatic heterocycles. The molecule has 0 fully saturated rings. The Morgan fingerprint density at radius 3 is 2.70 bits per heavy atom. The molecule has 0 atom stereocenters. The molecule has 2 aromatic carbocycles. The van der Waals surface area contributed by atoms with E-state index in [9.17, 15) is 14.4 Å². The molecule has 0 radical (unpaired) electrons. The van der Waals surface area contributed by atoms with E-state index in [1.54, 1.807) is 35.3 Å². The normalized spacial score (nSPS) is 15.0. The topological polar surface area (TPSA) is 105 Å². The van der Waals surface area contributed by atoms with Crippen LogP contribution in [0.5, 0.6) is 0 Å². The summed E-state index contributed by atoms with van der Waals surface area (Å²) < 4.78 is 0. The SMILES string of the molecule is NC(=O)NCc1cccc(CN2Cc3c(NC(=O)C4=CC(Cl)=CCC4=S)cccc3C2=O)c1. The number of thiocarbonyl (C=S) groups is 1. The molecule has 0 unspecified atom stereocenters. The summed E-state index contributed by atoms with van der Waals surface area (Å²) in [7, 11) is 0. The van der Waals surface area contributed by atoms with Crippen LogP contribution in [0.4, 0.5) is 10.5 Å². The van der Waals surface area contributed by atoms with Crippen LogP contribution in [0.3, 0.4) is 0 Å². The minimum Gasteiger partial charge on any atom is -0.352 e. The van der Waals surface area contributed by atoms with Crippen molar-refractivity contribution in [3.05, 3.63) is 87.5 Å². The number of primary amides is 1. The highest BCUT2D eigenvalue weighted by molar-refractivity contribution is 7.81. The van der Waals surface area contributed by atoms with Crippen molar-refractivity contribution in [1.82, 2.24) is 10.2 Å². The molecule has 2 aliphatic rings. The quantitative estimate of drug-likeness (QED) is 0.547. The molecule has 4 amide bonds. The fourth-order valence-corrected chi connectivity index (χ4v) is 4.26. The first kappa shape index (κ1) is 22.7. The van der Waals surface area contributed by atoms with Gasteiger partial charge in [0.25, 0.3) is 11.8 Å². The van der Waals surface area contributed by atoms with E-state index >= 15 is 0 Å². The van der Waals surface area contributed by atoms with E-state index in [1.807, 2.05) is 24.3 Å². The van der Waals surface area contributed by atoms with Crippen LogP contribution in [0.1, 0.15) is 33.5 Å². The van der Waals surface area contributed by atoms with E-state index in [0.717, 1.165) is 16.7 Å². The summed E-state index contributed by atoms with van der Waals surface area (Å²) in [4.78, 5) is 39.0. The monoisotopic (exact) mass is 480 g/mol. The minimum absolute atomic E-state index is 0.111. The fraction of sp³-hybridized carbons (Fsp3) is 0.167. The van der Waals surface area contributed by atoms with Crippen molar-refractivity contribution < 1.29 is 14.4 Å². The third kappa shape index (κ3) is 5.13. The Labute approximate surface area is 201 Å². The summed E-state index contributed by atoms with van der Waals surface area (Å²) in [5.41, 5.74) is 9.18. The number of rotatable bonds is 6. The van der Waals surface area contributed by atoms with Gasteiger partial charge in [0, 0.05) is 52.8 Å². The van der Waals surface area contributed by atoms with Crippen molar-refractivity contribution in [2.75, 3.05) is 5.32 Å². The molecule has 7 nitrogen and oxygen atoms in total. The number of hydrogen-bond acceptors (Lipinski definition) is 4. The minimum atomic E-state index is -0.594. The lowest BCUT2D eigenvalue weighted by Gasteiger charge is -2.17. The van der Waals surface area contributed by atoms with Gasteiger partial charge in [-0.1, -0.05) is 60.2 Å². The Morgan fingerprint density at radius 2 is 1.91 bits per heavy atom. The lowest BCUT2D eigenvalue weighted by Crippen LogP contribution is -2.28. The van der Waals surface area contributed by atoms with Crippen molar-refractivity contribution in [3.63, 3.8) is 0 Å². The number of nitrogens with one attached hydrogen (secondary N) is 2. The summed E-state index contributed by atoms with van der Waals surface area (Å²) in [6, 6.07) is 12.3. The molecule has 4 N–H and O–H groups in total. The zero-order chi connectivity index (χ0) is 23.5. The van der Waals surface area contributed by atoms with Crippen molar-refractivity contribution in [3.8, 4) is 0 Å². The van der Waals surface area contributed by atoms with Gasteiger partial charge in [0.1, 0.15) is 0 Å². The summed E-state index contributed by atoms with van der Waals surface area (Å²) in [6.07, 6.45) is 3.76. The molecule has 2 aromatic rings. The standard InChI is InChI=1S/C24H21ClN4O3S/c25-16-7-8-21(33)18(10-16)22(30)28-20-6-2-5-17-19(20)13-29(23(17)31)12-15-4-1-3-14(9-15)11-27-24(26)32/h1-7,9-10H,8,11-13H2,(H,28,30)(H3,26,27,32). The number of carbonyl (C=O) groups excluding carboxylic acids is 3. The number of carbonyl (C=O) groups is 3. The average molecular weight is 481 g/mol. The zero-order valence-corrected chi connectivity index (χ0v) is 19.1. The number of benzene rings is 2. The predicted octanol–water partition coefficient (Wildman–Crippen LogP) is 3.77. The Morgan fingerprint density at radius 1 is 1.15 bits per heavy atom. The lowest BCUT2D eigenvalue weighted by molar-refractivity contribution is -0.112. The van der Waals surface area contributed by atoms with E-state index in [2.05, 4.69) is 10.6 Å². The van der Waals surface area contributed by atoms with Crippen LogP contribution in [0.25, 0.3) is 0 Å². The van der Waals surface area contributed by atoms with Crippen LogP contribution >= 0.6 is 23.8 Å². The molecule has 9 heteroatoms. The van der Waals surface area contributed by atoms with Crippen LogP contribution in [0.2, 0.25) is 0 Å². The lowest BCUT2D eigenvalue weighted by atomic mass is 10.0. The molecular formula is C24H21ClN4O3S. The van der Waals surface area contributed by atoms with Gasteiger partial charge >= 0.3 is 6.03 Å². The van der Waals surface area contributed by atoms with Gasteiger partial charge in [-0.05, 0) is 29.3 Å². The second-order valence-electron chi connectivity index (χ2n) is 7.76. The van der Waals surface area contributed by atoms with Gasteiger partial charge in [0.15, 0.2) is 0 Å². The number of urea groups is 1. The number of amides is 4. The van der Waals surface area contributed by atoms with Gasteiger partial charge in [-0.25, -0.2) is 4.79 Å². The van der Waals surface area contributed by atoms with Crippen LogP contribution in [0, 0.1) is 0 Å². The summed E-state index contributed by atoms with van der Waals surface area (Å²) in [5.74, 6) is -0.458. The largest absolute Gasteiger partial charge is 0.352 e. The summed E-state index contributed by atoms with van der Waals surface area (Å²) >= 11 is 11.3.